The molecule has 0 unspecified atom stereocenters. The molecule has 0 bridgehead atoms. The average molecular weight is 259 g/mol. The molecule has 1 N–H and O–H groups in total. The van der Waals surface area contributed by atoms with E-state index in [0.717, 1.165) is 0 Å². The Labute approximate surface area is 107 Å². The molecule has 96 valence electrons. The van der Waals surface area contributed by atoms with Gasteiger partial charge < -0.3 is 0 Å². The normalized spacial score (nSPS) is 10.2. The zero-order valence-electron chi connectivity index (χ0n) is 10.1. The molecule has 0 fully saturated rings. The van der Waals surface area contributed by atoms with Crippen LogP contribution in [0.4, 0.5) is 4.39 Å². The number of benzene rings is 1. The molecule has 0 spiro atoms. The number of halogens is 1. The van der Waals surface area contributed by atoms with E-state index >= 15 is 0 Å². The fourth-order valence-electron chi connectivity index (χ4n) is 1.72. The molecular formula is C13H10FN3O2. The van der Waals surface area contributed by atoms with E-state index in [1.807, 2.05) is 6.07 Å². The monoisotopic (exact) mass is 259 g/mol. The molecule has 1 aromatic carbocycles. The lowest BCUT2D eigenvalue weighted by atomic mass is 10.1. The minimum absolute atomic E-state index is 0.0249. The SMILES string of the molecule is Cc1cn(Cc2cc(F)ccc2C#N)c(=O)[nH]c1=O. The third kappa shape index (κ3) is 2.60. The first-order valence-corrected chi connectivity index (χ1v) is 5.50. The Bertz CT molecular complexity index is 784. The first kappa shape index (κ1) is 12.8. The molecule has 0 saturated carbocycles. The smallest absolute Gasteiger partial charge is 0.296 e. The number of nitrogens with one attached hydrogen (secondary N) is 1. The van der Waals surface area contributed by atoms with Crippen molar-refractivity contribution in [3.8, 4) is 6.07 Å². The van der Waals surface area contributed by atoms with Crippen molar-refractivity contribution in [3.63, 3.8) is 0 Å². The highest BCUT2D eigenvalue weighted by atomic mass is 19.1. The second kappa shape index (κ2) is 4.90. The van der Waals surface area contributed by atoms with Gasteiger partial charge in [-0.15, -0.1) is 0 Å². The third-order valence-corrected chi connectivity index (χ3v) is 2.72. The molecule has 2 rings (SSSR count). The number of nitrogens with zero attached hydrogens (tertiary/aromatic N) is 2. The first-order chi connectivity index (χ1) is 9.01. The van der Waals surface area contributed by atoms with Gasteiger partial charge in [0.1, 0.15) is 5.82 Å². The minimum atomic E-state index is -0.594. The molecule has 0 atom stereocenters. The van der Waals surface area contributed by atoms with Gasteiger partial charge in [-0.05, 0) is 30.7 Å². The van der Waals surface area contributed by atoms with Crippen LogP contribution in [-0.2, 0) is 6.54 Å². The van der Waals surface area contributed by atoms with E-state index in [1.54, 1.807) is 6.92 Å². The summed E-state index contributed by atoms with van der Waals surface area (Å²) in [7, 11) is 0. The van der Waals surface area contributed by atoms with Crippen LogP contribution >= 0.6 is 0 Å². The minimum Gasteiger partial charge on any atom is -0.296 e. The van der Waals surface area contributed by atoms with E-state index in [-0.39, 0.29) is 12.1 Å². The van der Waals surface area contributed by atoms with Gasteiger partial charge in [-0.25, -0.2) is 9.18 Å². The number of aromatic amines is 1. The number of rotatable bonds is 2. The standard InChI is InChI=1S/C13H10FN3O2/c1-8-6-17(13(19)16-12(8)18)7-10-4-11(14)3-2-9(10)5-15/h2-4,6H,7H2,1H3,(H,16,18,19). The van der Waals surface area contributed by atoms with Crippen molar-refractivity contribution < 1.29 is 4.39 Å². The van der Waals surface area contributed by atoms with Gasteiger partial charge in [-0.3, -0.25) is 14.3 Å². The maximum absolute atomic E-state index is 13.2. The summed E-state index contributed by atoms with van der Waals surface area (Å²) in [5.41, 5.74) is -0.00698. The summed E-state index contributed by atoms with van der Waals surface area (Å²) in [6.07, 6.45) is 1.38. The predicted molar refractivity (Wildman–Crippen MR) is 66.3 cm³/mol. The quantitative estimate of drug-likeness (QED) is 0.870. The first-order valence-electron chi connectivity index (χ1n) is 5.50. The van der Waals surface area contributed by atoms with E-state index in [4.69, 9.17) is 5.26 Å². The van der Waals surface area contributed by atoms with E-state index in [9.17, 15) is 14.0 Å². The Hall–Kier alpha value is -2.68. The fraction of sp³-hybridized carbons (Fsp3) is 0.154. The molecule has 0 aliphatic rings. The van der Waals surface area contributed by atoms with Gasteiger partial charge in [0.15, 0.2) is 0 Å². The summed E-state index contributed by atoms with van der Waals surface area (Å²) in [6, 6.07) is 5.67. The average Bonchev–Trinajstić information content (AvgIpc) is 2.36. The van der Waals surface area contributed by atoms with E-state index in [2.05, 4.69) is 4.98 Å². The summed E-state index contributed by atoms with van der Waals surface area (Å²) < 4.78 is 14.4. The fourth-order valence-corrected chi connectivity index (χ4v) is 1.72. The lowest BCUT2D eigenvalue weighted by Gasteiger charge is -2.07. The number of nitriles is 1. The predicted octanol–water partition coefficient (Wildman–Crippen LogP) is 0.904. The largest absolute Gasteiger partial charge is 0.328 e. The van der Waals surface area contributed by atoms with Crippen LogP contribution in [0.25, 0.3) is 0 Å². The molecule has 0 saturated heterocycles. The van der Waals surface area contributed by atoms with Crippen molar-refractivity contribution >= 4 is 0 Å². The van der Waals surface area contributed by atoms with Crippen LogP contribution in [-0.4, -0.2) is 9.55 Å². The van der Waals surface area contributed by atoms with Crippen molar-refractivity contribution in [2.24, 2.45) is 0 Å². The van der Waals surface area contributed by atoms with Crippen molar-refractivity contribution in [2.75, 3.05) is 0 Å². The van der Waals surface area contributed by atoms with Crippen LogP contribution in [0, 0.1) is 24.1 Å². The Morgan fingerprint density at radius 1 is 1.42 bits per heavy atom. The van der Waals surface area contributed by atoms with Gasteiger partial charge in [-0.1, -0.05) is 0 Å². The third-order valence-electron chi connectivity index (χ3n) is 2.72. The zero-order chi connectivity index (χ0) is 14.0. The van der Waals surface area contributed by atoms with Crippen LogP contribution in [0.1, 0.15) is 16.7 Å². The maximum atomic E-state index is 13.2. The number of H-pyrrole nitrogens is 1. The highest BCUT2D eigenvalue weighted by Crippen LogP contribution is 2.11. The van der Waals surface area contributed by atoms with Crippen molar-refractivity contribution in [2.45, 2.75) is 13.5 Å². The van der Waals surface area contributed by atoms with Gasteiger partial charge in [0.05, 0.1) is 18.2 Å². The van der Waals surface area contributed by atoms with E-state index in [0.29, 0.717) is 11.1 Å². The Morgan fingerprint density at radius 2 is 2.16 bits per heavy atom. The molecule has 0 radical (unpaired) electrons. The number of aryl methyl sites for hydroxylation is 1. The highest BCUT2D eigenvalue weighted by Gasteiger charge is 2.07. The van der Waals surface area contributed by atoms with Gasteiger partial charge in [0, 0.05) is 11.8 Å². The second-order valence-electron chi connectivity index (χ2n) is 4.11. The maximum Gasteiger partial charge on any atom is 0.328 e. The van der Waals surface area contributed by atoms with Gasteiger partial charge >= 0.3 is 5.69 Å². The Balaban J connectivity index is 2.51. The Morgan fingerprint density at radius 3 is 2.84 bits per heavy atom. The van der Waals surface area contributed by atoms with Crippen LogP contribution < -0.4 is 11.2 Å². The molecule has 1 aromatic heterocycles. The van der Waals surface area contributed by atoms with E-state index < -0.39 is 17.1 Å². The summed E-state index contributed by atoms with van der Waals surface area (Å²) in [5, 5.41) is 8.94. The molecule has 0 aliphatic carbocycles. The van der Waals surface area contributed by atoms with Crippen molar-refractivity contribution in [1.29, 1.82) is 5.26 Å². The molecule has 2 aromatic rings. The molecular weight excluding hydrogens is 249 g/mol. The van der Waals surface area contributed by atoms with Crippen molar-refractivity contribution in [1.82, 2.24) is 9.55 Å². The topological polar surface area (TPSA) is 78.7 Å². The van der Waals surface area contributed by atoms with Crippen LogP contribution in [0.2, 0.25) is 0 Å². The van der Waals surface area contributed by atoms with Gasteiger partial charge in [0.2, 0.25) is 0 Å². The molecule has 19 heavy (non-hydrogen) atoms. The second-order valence-corrected chi connectivity index (χ2v) is 4.11. The molecule has 0 aliphatic heterocycles. The van der Waals surface area contributed by atoms with Gasteiger partial charge in [0.25, 0.3) is 5.56 Å². The lowest BCUT2D eigenvalue weighted by Crippen LogP contribution is -2.31. The number of aromatic nitrogens is 2. The summed E-state index contributed by atoms with van der Waals surface area (Å²) in [5.74, 6) is -0.483. The molecule has 6 heteroatoms. The molecule has 5 nitrogen and oxygen atoms in total. The molecule has 1 heterocycles. The molecule has 0 amide bonds. The highest BCUT2D eigenvalue weighted by molar-refractivity contribution is 5.38. The van der Waals surface area contributed by atoms with Crippen molar-refractivity contribution in [3.05, 3.63) is 67.7 Å². The van der Waals surface area contributed by atoms with Gasteiger partial charge in [-0.2, -0.15) is 5.26 Å². The number of hydrogen-bond acceptors (Lipinski definition) is 3. The number of hydrogen-bond donors (Lipinski definition) is 1. The summed E-state index contributed by atoms with van der Waals surface area (Å²) in [4.78, 5) is 25.0. The Kier molecular flexibility index (Phi) is 3.29. The van der Waals surface area contributed by atoms with Crippen LogP contribution in [0.5, 0.6) is 0 Å². The summed E-state index contributed by atoms with van der Waals surface area (Å²) in [6.45, 7) is 1.59. The van der Waals surface area contributed by atoms with E-state index in [1.165, 1.54) is 29.0 Å². The lowest BCUT2D eigenvalue weighted by molar-refractivity contribution is 0.621. The zero-order valence-corrected chi connectivity index (χ0v) is 10.1. The van der Waals surface area contributed by atoms with Crippen LogP contribution in [0.3, 0.4) is 0 Å². The summed E-state index contributed by atoms with van der Waals surface area (Å²) >= 11 is 0. The van der Waals surface area contributed by atoms with Crippen LogP contribution in [0.15, 0.2) is 34.0 Å².